The van der Waals surface area contributed by atoms with Gasteiger partial charge in [0.2, 0.25) is 0 Å². The van der Waals surface area contributed by atoms with E-state index in [1.54, 1.807) is 0 Å². The second kappa shape index (κ2) is 5.88. The van der Waals surface area contributed by atoms with E-state index >= 15 is 0 Å². The zero-order valence-electron chi connectivity index (χ0n) is 10.9. The SMILES string of the molecule is CC(CCl)(NC(=O)c1ccc(=O)[nH]n1)c1ccccc1. The lowest BCUT2D eigenvalue weighted by molar-refractivity contribution is 0.0907. The summed E-state index contributed by atoms with van der Waals surface area (Å²) >= 11 is 6.01. The van der Waals surface area contributed by atoms with E-state index in [1.165, 1.54) is 12.1 Å². The first kappa shape index (κ1) is 14.3. The molecule has 0 aliphatic carbocycles. The zero-order valence-corrected chi connectivity index (χ0v) is 11.6. The highest BCUT2D eigenvalue weighted by Gasteiger charge is 2.28. The second-order valence-corrected chi connectivity index (χ2v) is 4.86. The van der Waals surface area contributed by atoms with Gasteiger partial charge in [-0.05, 0) is 18.6 Å². The van der Waals surface area contributed by atoms with Crippen LogP contribution in [0.5, 0.6) is 0 Å². The first-order chi connectivity index (χ1) is 9.55. The molecule has 1 aromatic heterocycles. The summed E-state index contributed by atoms with van der Waals surface area (Å²) in [6.07, 6.45) is 0. The number of rotatable bonds is 4. The van der Waals surface area contributed by atoms with Gasteiger partial charge < -0.3 is 5.32 Å². The summed E-state index contributed by atoms with van der Waals surface area (Å²) in [6.45, 7) is 1.83. The number of halogens is 1. The van der Waals surface area contributed by atoms with Crippen molar-refractivity contribution in [3.63, 3.8) is 0 Å². The molecule has 0 fully saturated rings. The van der Waals surface area contributed by atoms with Crippen LogP contribution in [0, 0.1) is 0 Å². The average molecular weight is 292 g/mol. The topological polar surface area (TPSA) is 74.8 Å². The van der Waals surface area contributed by atoms with Crippen molar-refractivity contribution in [3.8, 4) is 0 Å². The lowest BCUT2D eigenvalue weighted by atomic mass is 9.94. The van der Waals surface area contributed by atoms with Crippen LogP contribution in [0.25, 0.3) is 0 Å². The van der Waals surface area contributed by atoms with Gasteiger partial charge in [-0.1, -0.05) is 30.3 Å². The molecular weight excluding hydrogens is 278 g/mol. The lowest BCUT2D eigenvalue weighted by Crippen LogP contribution is -2.45. The Morgan fingerprint density at radius 3 is 2.55 bits per heavy atom. The van der Waals surface area contributed by atoms with Gasteiger partial charge in [0, 0.05) is 11.9 Å². The number of nitrogens with zero attached hydrogens (tertiary/aromatic N) is 1. The standard InChI is InChI=1S/C14H14ClN3O2/c1-14(9-15,10-5-3-2-4-6-10)16-13(20)11-7-8-12(19)18-17-11/h2-8H,9H2,1H3,(H,16,20)(H,18,19). The number of nitrogens with one attached hydrogen (secondary N) is 2. The van der Waals surface area contributed by atoms with Gasteiger partial charge in [0.05, 0.1) is 5.54 Å². The Bertz CT molecular complexity index is 636. The van der Waals surface area contributed by atoms with Gasteiger partial charge in [-0.2, -0.15) is 5.10 Å². The molecule has 1 heterocycles. The summed E-state index contributed by atoms with van der Waals surface area (Å²) in [5.74, 6) is -0.181. The minimum Gasteiger partial charge on any atom is -0.340 e. The molecule has 0 saturated carbocycles. The maximum Gasteiger partial charge on any atom is 0.272 e. The van der Waals surface area contributed by atoms with Crippen LogP contribution in [-0.2, 0) is 5.54 Å². The zero-order chi connectivity index (χ0) is 14.6. The summed E-state index contributed by atoms with van der Waals surface area (Å²) in [5.41, 5.74) is -0.0353. The minimum absolute atomic E-state index is 0.136. The van der Waals surface area contributed by atoms with Crippen LogP contribution in [0.3, 0.4) is 0 Å². The van der Waals surface area contributed by atoms with E-state index in [2.05, 4.69) is 15.5 Å². The summed E-state index contributed by atoms with van der Waals surface area (Å²) in [6, 6.07) is 12.1. The van der Waals surface area contributed by atoms with Gasteiger partial charge >= 0.3 is 0 Å². The Morgan fingerprint density at radius 1 is 1.30 bits per heavy atom. The molecule has 5 nitrogen and oxygen atoms in total. The molecule has 1 aromatic carbocycles. The molecule has 0 bridgehead atoms. The molecule has 0 radical (unpaired) electrons. The van der Waals surface area contributed by atoms with Crippen molar-refractivity contribution in [1.29, 1.82) is 0 Å². The number of hydrogen-bond acceptors (Lipinski definition) is 3. The Kier molecular flexibility index (Phi) is 4.20. The maximum absolute atomic E-state index is 12.1. The van der Waals surface area contributed by atoms with E-state index in [9.17, 15) is 9.59 Å². The fraction of sp³-hybridized carbons (Fsp3) is 0.214. The van der Waals surface area contributed by atoms with Crippen LogP contribution in [-0.4, -0.2) is 22.0 Å². The summed E-state index contributed by atoms with van der Waals surface area (Å²) in [4.78, 5) is 23.1. The van der Waals surface area contributed by atoms with Crippen molar-refractivity contribution in [2.45, 2.75) is 12.5 Å². The highest BCUT2D eigenvalue weighted by molar-refractivity contribution is 6.18. The van der Waals surface area contributed by atoms with Crippen molar-refractivity contribution < 1.29 is 4.79 Å². The van der Waals surface area contributed by atoms with Gasteiger partial charge in [0.25, 0.3) is 11.5 Å². The molecule has 2 aromatic rings. The van der Waals surface area contributed by atoms with Crippen molar-refractivity contribution in [1.82, 2.24) is 15.5 Å². The number of aromatic amines is 1. The van der Waals surface area contributed by atoms with Gasteiger partial charge in [-0.3, -0.25) is 9.59 Å². The van der Waals surface area contributed by atoms with E-state index in [4.69, 9.17) is 11.6 Å². The fourth-order valence-electron chi connectivity index (χ4n) is 1.77. The van der Waals surface area contributed by atoms with Crippen molar-refractivity contribution in [2.24, 2.45) is 0 Å². The smallest absolute Gasteiger partial charge is 0.272 e. The van der Waals surface area contributed by atoms with Crippen molar-refractivity contribution >= 4 is 17.5 Å². The van der Waals surface area contributed by atoms with Crippen LogP contribution >= 0.6 is 11.6 Å². The van der Waals surface area contributed by atoms with Crippen molar-refractivity contribution in [3.05, 3.63) is 64.1 Å². The third-order valence-electron chi connectivity index (χ3n) is 2.98. The number of carbonyl (C=O) groups excluding carboxylic acids is 1. The highest BCUT2D eigenvalue weighted by Crippen LogP contribution is 2.22. The molecule has 1 atom stereocenters. The number of amides is 1. The van der Waals surface area contributed by atoms with E-state index in [0.29, 0.717) is 0 Å². The van der Waals surface area contributed by atoms with Gasteiger partial charge in [-0.15, -0.1) is 11.6 Å². The Balaban J connectivity index is 2.24. The quantitative estimate of drug-likeness (QED) is 0.841. The number of H-pyrrole nitrogens is 1. The van der Waals surface area contributed by atoms with Crippen LogP contribution in [0.15, 0.2) is 47.3 Å². The van der Waals surface area contributed by atoms with E-state index < -0.39 is 11.4 Å². The third-order valence-corrected chi connectivity index (χ3v) is 3.51. The van der Waals surface area contributed by atoms with Crippen molar-refractivity contribution in [2.75, 3.05) is 5.88 Å². The molecule has 0 aliphatic rings. The van der Waals surface area contributed by atoms with E-state index in [0.717, 1.165) is 5.56 Å². The maximum atomic E-state index is 12.1. The van der Waals surface area contributed by atoms with E-state index in [-0.39, 0.29) is 17.1 Å². The van der Waals surface area contributed by atoms with Gasteiger partial charge in [0.15, 0.2) is 0 Å². The fourth-order valence-corrected chi connectivity index (χ4v) is 2.00. The van der Waals surface area contributed by atoms with Crippen LogP contribution < -0.4 is 10.9 Å². The molecule has 6 heteroatoms. The number of alkyl halides is 1. The third kappa shape index (κ3) is 3.05. The molecule has 1 amide bonds. The largest absolute Gasteiger partial charge is 0.340 e. The van der Waals surface area contributed by atoms with E-state index in [1.807, 2.05) is 37.3 Å². The van der Waals surface area contributed by atoms with Gasteiger partial charge in [0.1, 0.15) is 5.69 Å². The summed E-state index contributed by atoms with van der Waals surface area (Å²) < 4.78 is 0. The lowest BCUT2D eigenvalue weighted by Gasteiger charge is -2.29. The van der Waals surface area contributed by atoms with Crippen LogP contribution in [0.1, 0.15) is 23.0 Å². The Labute approximate surface area is 121 Å². The highest BCUT2D eigenvalue weighted by atomic mass is 35.5. The Morgan fingerprint density at radius 2 is 2.00 bits per heavy atom. The van der Waals surface area contributed by atoms with Gasteiger partial charge in [-0.25, -0.2) is 5.10 Å². The molecule has 2 rings (SSSR count). The first-order valence-electron chi connectivity index (χ1n) is 6.05. The second-order valence-electron chi connectivity index (χ2n) is 4.59. The molecule has 20 heavy (non-hydrogen) atoms. The summed E-state index contributed by atoms with van der Waals surface area (Å²) in [7, 11) is 0. The first-order valence-corrected chi connectivity index (χ1v) is 6.58. The predicted molar refractivity (Wildman–Crippen MR) is 76.8 cm³/mol. The average Bonchev–Trinajstić information content (AvgIpc) is 2.48. The normalized spacial score (nSPS) is 13.5. The molecule has 1 unspecified atom stereocenters. The van der Waals surface area contributed by atoms with Crippen LogP contribution in [0.2, 0.25) is 0 Å². The number of benzene rings is 1. The molecule has 0 spiro atoms. The molecule has 2 N–H and O–H groups in total. The Hall–Kier alpha value is -2.14. The monoisotopic (exact) mass is 291 g/mol. The summed E-state index contributed by atoms with van der Waals surface area (Å²) in [5, 5.41) is 8.76. The number of carbonyl (C=O) groups is 1. The minimum atomic E-state index is -0.711. The molecular formula is C14H14ClN3O2. The molecule has 0 aliphatic heterocycles. The number of aromatic nitrogens is 2. The molecule has 0 saturated heterocycles. The number of hydrogen-bond donors (Lipinski definition) is 2. The molecule has 104 valence electrons. The predicted octanol–water partition coefficient (Wildman–Crippen LogP) is 1.65. The van der Waals surface area contributed by atoms with Crippen LogP contribution in [0.4, 0.5) is 0 Å².